The normalized spacial score (nSPS) is 10.9. The molecule has 0 aliphatic rings. The fourth-order valence-electron chi connectivity index (χ4n) is 2.07. The van der Waals surface area contributed by atoms with Gasteiger partial charge in [0.25, 0.3) is 5.56 Å². The number of H-pyrrole nitrogens is 1. The molecule has 0 fully saturated rings. The summed E-state index contributed by atoms with van der Waals surface area (Å²) in [6.07, 6.45) is 0. The first-order chi connectivity index (χ1) is 9.58. The zero-order valence-corrected chi connectivity index (χ0v) is 12.7. The Morgan fingerprint density at radius 3 is 2.55 bits per heavy atom. The first-order valence-corrected chi connectivity index (χ1v) is 7.37. The van der Waals surface area contributed by atoms with Crippen molar-refractivity contribution in [1.82, 2.24) is 9.55 Å². The number of thiophene rings is 1. The molecule has 0 aliphatic carbocycles. The molecule has 3 aromatic rings. The van der Waals surface area contributed by atoms with Crippen LogP contribution < -0.4 is 10.5 Å². The van der Waals surface area contributed by atoms with Crippen LogP contribution in [0.1, 0.15) is 0 Å². The van der Waals surface area contributed by atoms with Crippen molar-refractivity contribution >= 4 is 39.5 Å². The minimum atomic E-state index is -0.0809. The van der Waals surface area contributed by atoms with Gasteiger partial charge in [-0.2, -0.15) is 0 Å². The van der Waals surface area contributed by atoms with Crippen LogP contribution in [0.15, 0.2) is 40.5 Å². The maximum atomic E-state index is 12.5. The quantitative estimate of drug-likeness (QED) is 0.739. The predicted octanol–water partition coefficient (Wildman–Crippen LogP) is 3.18. The molecule has 2 aromatic heterocycles. The molecule has 0 amide bonds. The lowest BCUT2D eigenvalue weighted by atomic mass is 10.2. The highest BCUT2D eigenvalue weighted by Gasteiger charge is 2.08. The second-order valence-corrected chi connectivity index (χ2v) is 5.95. The van der Waals surface area contributed by atoms with Crippen LogP contribution >= 0.6 is 23.6 Å². The summed E-state index contributed by atoms with van der Waals surface area (Å²) in [5, 5.41) is 2.55. The van der Waals surface area contributed by atoms with E-state index in [2.05, 4.69) is 4.98 Å². The molecule has 0 unspecified atom stereocenters. The smallest absolute Gasteiger partial charge is 0.267 e. The number of aromatic nitrogens is 2. The van der Waals surface area contributed by atoms with E-state index in [4.69, 9.17) is 12.2 Å². The lowest BCUT2D eigenvalue weighted by Crippen LogP contribution is -2.19. The molecule has 20 heavy (non-hydrogen) atoms. The fraction of sp³-hybridized carbons (Fsp3) is 0.143. The summed E-state index contributed by atoms with van der Waals surface area (Å²) in [6, 6.07) is 9.55. The van der Waals surface area contributed by atoms with E-state index in [1.54, 1.807) is 0 Å². The van der Waals surface area contributed by atoms with Crippen LogP contribution in [-0.2, 0) is 0 Å². The van der Waals surface area contributed by atoms with Gasteiger partial charge in [-0.25, -0.2) is 0 Å². The van der Waals surface area contributed by atoms with Crippen LogP contribution in [0.3, 0.4) is 0 Å². The van der Waals surface area contributed by atoms with Crippen molar-refractivity contribution in [3.63, 3.8) is 0 Å². The highest BCUT2D eigenvalue weighted by molar-refractivity contribution is 7.71. The van der Waals surface area contributed by atoms with E-state index < -0.39 is 0 Å². The first kappa shape index (κ1) is 13.1. The van der Waals surface area contributed by atoms with Gasteiger partial charge in [-0.15, -0.1) is 11.3 Å². The molecular weight excluding hydrogens is 290 g/mol. The molecule has 0 bridgehead atoms. The van der Waals surface area contributed by atoms with E-state index >= 15 is 0 Å². The average Bonchev–Trinajstić information content (AvgIpc) is 2.87. The van der Waals surface area contributed by atoms with Gasteiger partial charge in [0.1, 0.15) is 4.83 Å². The summed E-state index contributed by atoms with van der Waals surface area (Å²) in [6.45, 7) is 0. The second-order valence-electron chi connectivity index (χ2n) is 4.64. The molecule has 0 atom stereocenters. The van der Waals surface area contributed by atoms with Gasteiger partial charge in [-0.05, 0) is 47.9 Å². The number of nitrogens with one attached hydrogen (secondary N) is 1. The highest BCUT2D eigenvalue weighted by Crippen LogP contribution is 2.18. The molecule has 1 aromatic carbocycles. The van der Waals surface area contributed by atoms with Gasteiger partial charge in [0.05, 0.1) is 11.1 Å². The number of rotatable bonds is 2. The lowest BCUT2D eigenvalue weighted by molar-refractivity contribution is 0.942. The van der Waals surface area contributed by atoms with Crippen LogP contribution in [0.5, 0.6) is 0 Å². The Balaban J connectivity index is 2.23. The Bertz CT molecular complexity index is 872. The van der Waals surface area contributed by atoms with Crippen molar-refractivity contribution in [2.75, 3.05) is 19.0 Å². The van der Waals surface area contributed by atoms with Crippen molar-refractivity contribution in [1.29, 1.82) is 0 Å². The van der Waals surface area contributed by atoms with Gasteiger partial charge in [0.15, 0.2) is 4.77 Å². The third-order valence-corrected chi connectivity index (χ3v) is 4.26. The molecule has 6 heteroatoms. The molecule has 0 spiro atoms. The fourth-order valence-corrected chi connectivity index (χ4v) is 3.21. The van der Waals surface area contributed by atoms with Crippen molar-refractivity contribution in [3.8, 4) is 5.69 Å². The van der Waals surface area contributed by atoms with Gasteiger partial charge in [-0.3, -0.25) is 9.36 Å². The Morgan fingerprint density at radius 1 is 1.20 bits per heavy atom. The number of nitrogens with zero attached hydrogens (tertiary/aromatic N) is 2. The standard InChI is InChI=1S/C14H13N3OS2/c1-16(2)9-3-5-10(6-4-9)17-13(18)11-7-8-20-12(11)15-14(17)19/h3-8H,1-2H3,(H,15,19). The topological polar surface area (TPSA) is 41.0 Å². The highest BCUT2D eigenvalue weighted by atomic mass is 32.1. The van der Waals surface area contributed by atoms with Crippen LogP contribution in [0.2, 0.25) is 0 Å². The molecule has 1 N–H and O–H groups in total. The Kier molecular flexibility index (Phi) is 3.19. The molecule has 0 saturated heterocycles. The lowest BCUT2D eigenvalue weighted by Gasteiger charge is -2.13. The zero-order chi connectivity index (χ0) is 14.3. The van der Waals surface area contributed by atoms with Gasteiger partial charge < -0.3 is 9.88 Å². The van der Waals surface area contributed by atoms with E-state index in [9.17, 15) is 4.79 Å². The predicted molar refractivity (Wildman–Crippen MR) is 86.9 cm³/mol. The zero-order valence-electron chi connectivity index (χ0n) is 11.1. The Labute approximate surface area is 124 Å². The van der Waals surface area contributed by atoms with Crippen molar-refractivity contribution < 1.29 is 0 Å². The summed E-state index contributed by atoms with van der Waals surface area (Å²) in [5.74, 6) is 0. The van der Waals surface area contributed by atoms with Crippen LogP contribution in [0.4, 0.5) is 5.69 Å². The molecular formula is C14H13N3OS2. The number of aromatic amines is 1. The van der Waals surface area contributed by atoms with Gasteiger partial charge in [0.2, 0.25) is 0 Å². The molecule has 0 aliphatic heterocycles. The maximum Gasteiger partial charge on any atom is 0.267 e. The van der Waals surface area contributed by atoms with Gasteiger partial charge in [-0.1, -0.05) is 0 Å². The number of anilines is 1. The van der Waals surface area contributed by atoms with E-state index in [0.29, 0.717) is 10.2 Å². The van der Waals surface area contributed by atoms with Crippen LogP contribution in [0.25, 0.3) is 15.9 Å². The summed E-state index contributed by atoms with van der Waals surface area (Å²) >= 11 is 6.79. The third-order valence-electron chi connectivity index (χ3n) is 3.15. The second kappa shape index (κ2) is 4.88. The minimum absolute atomic E-state index is 0.0809. The van der Waals surface area contributed by atoms with Crippen molar-refractivity contribution in [2.24, 2.45) is 0 Å². The number of benzene rings is 1. The summed E-state index contributed by atoms with van der Waals surface area (Å²) < 4.78 is 1.95. The molecule has 4 nitrogen and oxygen atoms in total. The Morgan fingerprint density at radius 2 is 1.90 bits per heavy atom. The van der Waals surface area contributed by atoms with E-state index in [0.717, 1.165) is 16.2 Å². The number of hydrogen-bond donors (Lipinski definition) is 1. The van der Waals surface area contributed by atoms with Crippen LogP contribution in [-0.4, -0.2) is 23.6 Å². The minimum Gasteiger partial charge on any atom is -0.378 e. The van der Waals surface area contributed by atoms with Crippen LogP contribution in [0, 0.1) is 4.77 Å². The summed E-state index contributed by atoms with van der Waals surface area (Å²) in [7, 11) is 3.95. The molecule has 102 valence electrons. The van der Waals surface area contributed by atoms with E-state index in [-0.39, 0.29) is 5.56 Å². The Hall–Kier alpha value is -1.92. The number of hydrogen-bond acceptors (Lipinski definition) is 4. The number of fused-ring (bicyclic) bond motifs is 1. The molecule has 0 radical (unpaired) electrons. The maximum absolute atomic E-state index is 12.5. The van der Waals surface area contributed by atoms with Crippen molar-refractivity contribution in [2.45, 2.75) is 0 Å². The van der Waals surface area contributed by atoms with Gasteiger partial charge in [0, 0.05) is 19.8 Å². The van der Waals surface area contributed by atoms with Crippen molar-refractivity contribution in [3.05, 3.63) is 50.8 Å². The van der Waals surface area contributed by atoms with E-state index in [1.165, 1.54) is 15.9 Å². The van der Waals surface area contributed by atoms with E-state index in [1.807, 2.05) is 54.7 Å². The molecule has 0 saturated carbocycles. The monoisotopic (exact) mass is 303 g/mol. The molecule has 2 heterocycles. The SMILES string of the molecule is CN(C)c1ccc(-n2c(=S)[nH]c3sccc3c2=O)cc1. The average molecular weight is 303 g/mol. The first-order valence-electron chi connectivity index (χ1n) is 6.08. The van der Waals surface area contributed by atoms with Gasteiger partial charge >= 0.3 is 0 Å². The molecule has 3 rings (SSSR count). The third kappa shape index (κ3) is 2.07. The summed E-state index contributed by atoms with van der Waals surface area (Å²) in [4.78, 5) is 18.4. The largest absolute Gasteiger partial charge is 0.378 e. The summed E-state index contributed by atoms with van der Waals surface area (Å²) in [5.41, 5.74) is 1.77.